The van der Waals surface area contributed by atoms with E-state index in [2.05, 4.69) is 9.34 Å². The van der Waals surface area contributed by atoms with Crippen LogP contribution >= 0.6 is 0 Å². The zero-order chi connectivity index (χ0) is 21.9. The molecule has 0 atom stereocenters. The number of hydrogen-bond acceptors (Lipinski definition) is 10. The Morgan fingerprint density at radius 1 is 0.839 bits per heavy atom. The molecule has 1 heterocycles. The van der Waals surface area contributed by atoms with Crippen LogP contribution in [-0.2, 0) is 10.4 Å². The monoisotopic (exact) mass is 459 g/mol. The van der Waals surface area contributed by atoms with Gasteiger partial charge < -0.3 is 32.2 Å². The molecule has 3 rings (SSSR count). The number of nitrogens with zero attached hydrogens (tertiary/aromatic N) is 1. The van der Waals surface area contributed by atoms with Gasteiger partial charge in [0.15, 0.2) is 23.0 Å². The standard InChI is InChI=1S/C19H19NO9S.Na/c1-24-14-6-5-11(7-15(14)29-30(21,22)23)13-10-28-20-18(13)12-8-16(25-2)19(27-4)17(9-12)26-3;/h5-10H,1-4H3,(H,21,22,23);/q;+1/p-1. The molecule has 0 spiro atoms. The SMILES string of the molecule is COc1ccc(-c2conc2-c2cc(OC)c(OC)c(OC)c2)cc1OS(=O)(=O)[O-].[Na+]. The van der Waals surface area contributed by atoms with Gasteiger partial charge in [-0.25, -0.2) is 8.42 Å². The topological polar surface area (TPSA) is 129 Å². The van der Waals surface area contributed by atoms with Gasteiger partial charge in [-0.1, -0.05) is 11.2 Å². The minimum Gasteiger partial charge on any atom is -0.716 e. The Morgan fingerprint density at radius 2 is 1.42 bits per heavy atom. The van der Waals surface area contributed by atoms with Gasteiger partial charge in [-0.05, 0) is 29.8 Å². The molecule has 0 saturated carbocycles. The third-order valence-corrected chi connectivity index (χ3v) is 4.56. The number of aromatic nitrogens is 1. The summed E-state index contributed by atoms with van der Waals surface area (Å²) in [5, 5.41) is 4.04. The van der Waals surface area contributed by atoms with Crippen LogP contribution in [0.15, 0.2) is 41.1 Å². The van der Waals surface area contributed by atoms with Gasteiger partial charge in [0.05, 0.1) is 28.4 Å². The summed E-state index contributed by atoms with van der Waals surface area (Å²) in [4.78, 5) is 0. The summed E-state index contributed by atoms with van der Waals surface area (Å²) < 4.78 is 63.9. The van der Waals surface area contributed by atoms with Crippen LogP contribution in [0.25, 0.3) is 22.4 Å². The van der Waals surface area contributed by atoms with Crippen LogP contribution in [0.2, 0.25) is 0 Å². The predicted octanol–water partition coefficient (Wildman–Crippen LogP) is -0.114. The summed E-state index contributed by atoms with van der Waals surface area (Å²) in [6.07, 6.45) is 1.37. The predicted molar refractivity (Wildman–Crippen MR) is 104 cm³/mol. The molecule has 2 aromatic carbocycles. The van der Waals surface area contributed by atoms with Crippen LogP contribution in [-0.4, -0.2) is 46.6 Å². The molecule has 0 aliphatic rings. The molecule has 10 nitrogen and oxygen atoms in total. The van der Waals surface area contributed by atoms with Gasteiger partial charge in [-0.3, -0.25) is 0 Å². The van der Waals surface area contributed by atoms with E-state index in [1.807, 2.05) is 0 Å². The van der Waals surface area contributed by atoms with Crippen LogP contribution in [0.5, 0.6) is 28.7 Å². The number of rotatable bonds is 8. The van der Waals surface area contributed by atoms with Gasteiger partial charge in [0.1, 0.15) is 12.0 Å². The van der Waals surface area contributed by atoms with Crippen molar-refractivity contribution < 1.29 is 70.2 Å². The molecular weight excluding hydrogens is 441 g/mol. The largest absolute Gasteiger partial charge is 1.00 e. The Hall–Kier alpha value is -2.44. The first kappa shape index (κ1) is 24.8. The molecular formula is C19H18NNaO9S. The van der Waals surface area contributed by atoms with E-state index in [1.54, 1.807) is 18.2 Å². The van der Waals surface area contributed by atoms with Crippen molar-refractivity contribution >= 4 is 10.4 Å². The van der Waals surface area contributed by atoms with E-state index in [9.17, 15) is 13.0 Å². The van der Waals surface area contributed by atoms with Gasteiger partial charge in [-0.15, -0.1) is 0 Å². The molecule has 160 valence electrons. The molecule has 0 saturated heterocycles. The quantitative estimate of drug-likeness (QED) is 0.255. The van der Waals surface area contributed by atoms with Crippen LogP contribution < -0.4 is 52.7 Å². The molecule has 0 aliphatic carbocycles. The van der Waals surface area contributed by atoms with Crippen molar-refractivity contribution in [3.8, 4) is 51.1 Å². The Balaban J connectivity index is 0.00000341. The van der Waals surface area contributed by atoms with Crippen LogP contribution in [0, 0.1) is 0 Å². The van der Waals surface area contributed by atoms with Crippen molar-refractivity contribution in [3.05, 3.63) is 36.6 Å². The van der Waals surface area contributed by atoms with E-state index in [-0.39, 0.29) is 41.1 Å². The average molecular weight is 459 g/mol. The summed E-state index contributed by atoms with van der Waals surface area (Å²) in [5.74, 6) is 1.05. The van der Waals surface area contributed by atoms with Crippen molar-refractivity contribution in [1.82, 2.24) is 5.16 Å². The zero-order valence-electron chi connectivity index (χ0n) is 17.5. The second kappa shape index (κ2) is 10.2. The number of benzene rings is 2. The average Bonchev–Trinajstić information content (AvgIpc) is 3.21. The molecule has 0 unspecified atom stereocenters. The molecule has 0 radical (unpaired) electrons. The third kappa shape index (κ3) is 5.43. The number of ether oxygens (including phenoxy) is 4. The van der Waals surface area contributed by atoms with Crippen LogP contribution in [0.4, 0.5) is 0 Å². The Labute approximate surface area is 201 Å². The molecule has 0 fully saturated rings. The Kier molecular flexibility index (Phi) is 8.21. The number of hydrogen-bond donors (Lipinski definition) is 0. The fourth-order valence-electron chi connectivity index (χ4n) is 2.89. The molecule has 0 aliphatic heterocycles. The minimum absolute atomic E-state index is 0. The van der Waals surface area contributed by atoms with Gasteiger partial charge in [-0.2, -0.15) is 0 Å². The summed E-state index contributed by atoms with van der Waals surface area (Å²) in [7, 11) is 0.785. The van der Waals surface area contributed by atoms with Crippen LogP contribution in [0.3, 0.4) is 0 Å². The Morgan fingerprint density at radius 3 is 1.94 bits per heavy atom. The zero-order valence-corrected chi connectivity index (χ0v) is 20.3. The summed E-state index contributed by atoms with van der Waals surface area (Å²) >= 11 is 0. The van der Waals surface area contributed by atoms with E-state index in [0.29, 0.717) is 39.6 Å². The third-order valence-electron chi connectivity index (χ3n) is 4.17. The maximum Gasteiger partial charge on any atom is 1.00 e. The van der Waals surface area contributed by atoms with Crippen LogP contribution in [0.1, 0.15) is 0 Å². The molecule has 31 heavy (non-hydrogen) atoms. The first-order valence-corrected chi connectivity index (χ1v) is 9.73. The minimum atomic E-state index is -5.00. The fraction of sp³-hybridized carbons (Fsp3) is 0.211. The summed E-state index contributed by atoms with van der Waals surface area (Å²) in [6, 6.07) is 7.80. The molecule has 1 aromatic heterocycles. The maximum absolute atomic E-state index is 11.1. The van der Waals surface area contributed by atoms with Gasteiger partial charge in [0.2, 0.25) is 5.75 Å². The first-order valence-electron chi connectivity index (χ1n) is 8.39. The van der Waals surface area contributed by atoms with Gasteiger partial charge in [0.25, 0.3) is 10.4 Å². The second-order valence-corrected chi connectivity index (χ2v) is 6.83. The summed E-state index contributed by atoms with van der Waals surface area (Å²) in [6.45, 7) is 0. The van der Waals surface area contributed by atoms with E-state index in [4.69, 9.17) is 23.5 Å². The number of methoxy groups -OCH3 is 4. The molecule has 3 aromatic rings. The fourth-order valence-corrected chi connectivity index (χ4v) is 3.24. The first-order chi connectivity index (χ1) is 14.3. The van der Waals surface area contributed by atoms with Gasteiger partial charge in [0, 0.05) is 11.1 Å². The smallest absolute Gasteiger partial charge is 0.716 e. The molecule has 0 bridgehead atoms. The van der Waals surface area contributed by atoms with Gasteiger partial charge >= 0.3 is 29.6 Å². The van der Waals surface area contributed by atoms with Crippen molar-refractivity contribution in [1.29, 1.82) is 0 Å². The maximum atomic E-state index is 11.1. The van der Waals surface area contributed by atoms with Crippen molar-refractivity contribution in [2.24, 2.45) is 0 Å². The Bertz CT molecular complexity index is 1140. The van der Waals surface area contributed by atoms with Crippen molar-refractivity contribution in [2.75, 3.05) is 28.4 Å². The van der Waals surface area contributed by atoms with E-state index in [0.717, 1.165) is 0 Å². The normalized spacial score (nSPS) is 10.7. The molecule has 0 amide bonds. The van der Waals surface area contributed by atoms with Crippen molar-refractivity contribution in [3.63, 3.8) is 0 Å². The molecule has 12 heteroatoms. The second-order valence-electron chi connectivity index (χ2n) is 5.85. The summed E-state index contributed by atoms with van der Waals surface area (Å²) in [5.41, 5.74) is 1.97. The van der Waals surface area contributed by atoms with E-state index >= 15 is 0 Å². The van der Waals surface area contributed by atoms with E-state index in [1.165, 1.54) is 46.8 Å². The molecule has 0 N–H and O–H groups in total. The van der Waals surface area contributed by atoms with E-state index < -0.39 is 10.4 Å². The van der Waals surface area contributed by atoms with Crippen molar-refractivity contribution in [2.45, 2.75) is 0 Å².